The molecule has 34 heavy (non-hydrogen) atoms. The van der Waals surface area contributed by atoms with Crippen LogP contribution in [0.5, 0.6) is 0 Å². The summed E-state index contributed by atoms with van der Waals surface area (Å²) < 4.78 is 2.02. The number of anilines is 2. The lowest BCUT2D eigenvalue weighted by Crippen LogP contribution is -2.51. The maximum absolute atomic E-state index is 13.3. The molecule has 4 heterocycles. The number of aromatic nitrogens is 3. The van der Waals surface area contributed by atoms with Gasteiger partial charge in [-0.05, 0) is 56.7 Å². The molecule has 0 bridgehead atoms. The maximum Gasteiger partial charge on any atom is 0.225 e. The number of piperazine rings is 1. The van der Waals surface area contributed by atoms with Crippen LogP contribution in [0, 0.1) is 5.92 Å². The number of benzene rings is 1. The number of halogens is 1. The van der Waals surface area contributed by atoms with E-state index in [1.807, 2.05) is 35.1 Å². The molecule has 3 aromatic rings. The molecule has 1 amide bonds. The minimum atomic E-state index is 0.104. The predicted molar refractivity (Wildman–Crippen MR) is 135 cm³/mol. The van der Waals surface area contributed by atoms with Crippen molar-refractivity contribution in [1.82, 2.24) is 19.5 Å². The first-order valence-corrected chi connectivity index (χ1v) is 12.9. The highest BCUT2D eigenvalue weighted by Crippen LogP contribution is 2.32. The van der Waals surface area contributed by atoms with Gasteiger partial charge in [0.1, 0.15) is 5.52 Å². The Morgan fingerprint density at radius 3 is 2.56 bits per heavy atom. The van der Waals surface area contributed by atoms with E-state index in [9.17, 15) is 4.79 Å². The molecule has 6 rings (SSSR count). The monoisotopic (exact) mass is 478 g/mol. The lowest BCUT2D eigenvalue weighted by molar-refractivity contribution is -0.136. The molecule has 0 radical (unpaired) electrons. The van der Waals surface area contributed by atoms with Crippen LogP contribution in [0.1, 0.15) is 36.9 Å². The quantitative estimate of drug-likeness (QED) is 0.572. The summed E-state index contributed by atoms with van der Waals surface area (Å²) in [5.41, 5.74) is 4.93. The van der Waals surface area contributed by atoms with Gasteiger partial charge in [-0.3, -0.25) is 4.79 Å². The van der Waals surface area contributed by atoms with Crippen LogP contribution in [0.15, 0.2) is 36.7 Å². The first kappa shape index (κ1) is 21.7. The number of nitrogens with zero attached hydrogens (tertiary/aromatic N) is 6. The highest BCUT2D eigenvalue weighted by Gasteiger charge is 2.32. The number of carbonyl (C=O) groups is 1. The number of fused-ring (bicyclic) bond motifs is 3. The second-order valence-corrected chi connectivity index (χ2v) is 10.2. The van der Waals surface area contributed by atoms with Crippen molar-refractivity contribution >= 4 is 34.5 Å². The number of carbonyl (C=O) groups excluding carboxylic acids is 1. The Hall–Kier alpha value is -2.80. The maximum atomic E-state index is 13.3. The highest BCUT2D eigenvalue weighted by molar-refractivity contribution is 6.30. The van der Waals surface area contributed by atoms with E-state index in [4.69, 9.17) is 21.7 Å². The Labute approximate surface area is 205 Å². The predicted octanol–water partition coefficient (Wildman–Crippen LogP) is 3.83. The lowest BCUT2D eigenvalue weighted by atomic mass is 9.94. The van der Waals surface area contributed by atoms with Crippen molar-refractivity contribution in [2.45, 2.75) is 38.5 Å². The largest absolute Gasteiger partial charge is 0.368 e. The third-order valence-corrected chi connectivity index (χ3v) is 7.94. The molecule has 0 saturated carbocycles. The fraction of sp³-hybridized carbons (Fsp3) is 0.500. The molecule has 0 N–H and O–H groups in total. The zero-order valence-electron chi connectivity index (χ0n) is 19.5. The van der Waals surface area contributed by atoms with Gasteiger partial charge < -0.3 is 14.7 Å². The van der Waals surface area contributed by atoms with Crippen molar-refractivity contribution in [2.75, 3.05) is 49.1 Å². The molecule has 7 nitrogen and oxygen atoms in total. The van der Waals surface area contributed by atoms with Crippen molar-refractivity contribution in [3.05, 3.63) is 52.9 Å². The highest BCUT2D eigenvalue weighted by atomic mass is 35.5. The van der Waals surface area contributed by atoms with Gasteiger partial charge in [0.15, 0.2) is 5.82 Å². The Morgan fingerprint density at radius 2 is 1.76 bits per heavy atom. The molecule has 2 fully saturated rings. The van der Waals surface area contributed by atoms with Crippen LogP contribution in [0.25, 0.3) is 5.52 Å². The summed E-state index contributed by atoms with van der Waals surface area (Å²) in [6, 6.07) is 7.97. The molecule has 2 saturated heterocycles. The molecule has 0 atom stereocenters. The topological polar surface area (TPSA) is 57.0 Å². The normalized spacial score (nSPS) is 19.5. The second kappa shape index (κ2) is 9.10. The minimum Gasteiger partial charge on any atom is -0.368 e. The zero-order chi connectivity index (χ0) is 23.1. The van der Waals surface area contributed by atoms with Crippen molar-refractivity contribution < 1.29 is 4.79 Å². The molecular formula is C26H31ClN6O. The van der Waals surface area contributed by atoms with E-state index in [1.165, 1.54) is 29.6 Å². The van der Waals surface area contributed by atoms with Gasteiger partial charge in [-0.2, -0.15) is 5.10 Å². The first-order chi connectivity index (χ1) is 16.7. The summed E-state index contributed by atoms with van der Waals surface area (Å²) in [6.45, 7) is 4.98. The van der Waals surface area contributed by atoms with Crippen LogP contribution in [0.3, 0.4) is 0 Å². The lowest BCUT2D eigenvalue weighted by Gasteiger charge is -2.39. The number of piperidine rings is 1. The summed E-state index contributed by atoms with van der Waals surface area (Å²) in [7, 11) is 0. The summed E-state index contributed by atoms with van der Waals surface area (Å²) in [5, 5.41) is 5.58. The number of amides is 1. The van der Waals surface area contributed by atoms with Crippen LogP contribution in [-0.2, 0) is 17.6 Å². The van der Waals surface area contributed by atoms with Crippen LogP contribution in [0.4, 0.5) is 11.5 Å². The fourth-order valence-corrected chi connectivity index (χ4v) is 6.02. The molecule has 8 heteroatoms. The van der Waals surface area contributed by atoms with E-state index >= 15 is 0 Å². The van der Waals surface area contributed by atoms with Crippen LogP contribution in [0.2, 0.25) is 5.02 Å². The van der Waals surface area contributed by atoms with E-state index in [0.717, 1.165) is 81.5 Å². The van der Waals surface area contributed by atoms with E-state index in [1.54, 1.807) is 0 Å². The van der Waals surface area contributed by atoms with Crippen LogP contribution >= 0.6 is 11.6 Å². The molecule has 1 aromatic carbocycles. The molecule has 1 aliphatic carbocycles. The van der Waals surface area contributed by atoms with Crippen molar-refractivity contribution in [1.29, 1.82) is 0 Å². The Morgan fingerprint density at radius 1 is 0.971 bits per heavy atom. The molecule has 2 aliphatic heterocycles. The Kier molecular flexibility index (Phi) is 5.81. The van der Waals surface area contributed by atoms with Gasteiger partial charge in [0.25, 0.3) is 0 Å². The van der Waals surface area contributed by atoms with Gasteiger partial charge >= 0.3 is 0 Å². The standard InChI is InChI=1S/C26H31ClN6O/c27-20-4-3-5-21(18-20)30-14-16-32(17-15-30)26(34)19-8-11-31(12-9-19)25-24-22-6-1-2-7-23(22)29-33(24)13-10-28-25/h3-5,10,13,18-19H,1-2,6-9,11-12,14-17H2. The molecule has 3 aliphatic rings. The van der Waals surface area contributed by atoms with Crippen LogP contribution < -0.4 is 9.80 Å². The Bertz CT molecular complexity index is 1190. The van der Waals surface area contributed by atoms with Gasteiger partial charge in [0, 0.05) is 73.9 Å². The molecule has 2 aromatic heterocycles. The SMILES string of the molecule is O=C(C1CCN(c2nccn3nc4c(c23)CCCC4)CC1)N1CCN(c2cccc(Cl)c2)CC1. The summed E-state index contributed by atoms with van der Waals surface area (Å²) >= 11 is 6.16. The van der Waals surface area contributed by atoms with Crippen molar-refractivity contribution in [3.63, 3.8) is 0 Å². The average molecular weight is 479 g/mol. The van der Waals surface area contributed by atoms with E-state index in [-0.39, 0.29) is 5.92 Å². The van der Waals surface area contributed by atoms with Crippen molar-refractivity contribution in [3.8, 4) is 0 Å². The first-order valence-electron chi connectivity index (χ1n) is 12.6. The van der Waals surface area contributed by atoms with Gasteiger partial charge in [0.05, 0.1) is 5.69 Å². The average Bonchev–Trinajstić information content (AvgIpc) is 3.27. The van der Waals surface area contributed by atoms with Gasteiger partial charge in [0.2, 0.25) is 5.91 Å². The van der Waals surface area contributed by atoms with E-state index < -0.39 is 0 Å². The third-order valence-electron chi connectivity index (χ3n) is 7.71. The number of aryl methyl sites for hydroxylation is 2. The molecule has 0 spiro atoms. The second-order valence-electron chi connectivity index (χ2n) is 9.73. The molecular weight excluding hydrogens is 448 g/mol. The van der Waals surface area contributed by atoms with Gasteiger partial charge in [-0.25, -0.2) is 9.50 Å². The van der Waals surface area contributed by atoms with E-state index in [2.05, 4.69) is 20.8 Å². The van der Waals surface area contributed by atoms with Gasteiger partial charge in [-0.1, -0.05) is 17.7 Å². The Balaban J connectivity index is 1.09. The molecule has 178 valence electrons. The third kappa shape index (κ3) is 4.00. The van der Waals surface area contributed by atoms with Crippen LogP contribution in [-0.4, -0.2) is 64.7 Å². The van der Waals surface area contributed by atoms with E-state index in [0.29, 0.717) is 5.91 Å². The summed E-state index contributed by atoms with van der Waals surface area (Å²) in [5.74, 6) is 1.46. The molecule has 0 unspecified atom stereocenters. The summed E-state index contributed by atoms with van der Waals surface area (Å²) in [4.78, 5) is 24.8. The minimum absolute atomic E-state index is 0.104. The fourth-order valence-electron chi connectivity index (χ4n) is 5.83. The van der Waals surface area contributed by atoms with Crippen molar-refractivity contribution in [2.24, 2.45) is 5.92 Å². The smallest absolute Gasteiger partial charge is 0.225 e. The number of hydrogen-bond donors (Lipinski definition) is 0. The van der Waals surface area contributed by atoms with Gasteiger partial charge in [-0.15, -0.1) is 0 Å². The number of rotatable bonds is 3. The number of hydrogen-bond acceptors (Lipinski definition) is 5. The zero-order valence-corrected chi connectivity index (χ0v) is 20.3. The summed E-state index contributed by atoms with van der Waals surface area (Å²) in [6.07, 6.45) is 10.2.